The maximum Gasteiger partial charge on any atom is 0.339 e. The Morgan fingerprint density at radius 1 is 1.14 bits per heavy atom. The summed E-state index contributed by atoms with van der Waals surface area (Å²) in [4.78, 5) is 14.6. The Morgan fingerprint density at radius 3 is 2.64 bits per heavy atom. The largest absolute Gasteiger partial charge is 0.497 e. The summed E-state index contributed by atoms with van der Waals surface area (Å²) in [7, 11) is 1.67. The van der Waals surface area contributed by atoms with Crippen molar-refractivity contribution < 1.29 is 13.9 Å². The van der Waals surface area contributed by atoms with Crippen LogP contribution in [0, 0.1) is 6.92 Å². The highest BCUT2D eigenvalue weighted by atomic mass is 16.5. The molecule has 146 valence electrons. The first-order valence-corrected chi connectivity index (χ1v) is 9.67. The maximum absolute atomic E-state index is 12.4. The highest BCUT2D eigenvalue weighted by Crippen LogP contribution is 2.33. The highest BCUT2D eigenvalue weighted by molar-refractivity contribution is 5.86. The summed E-state index contributed by atoms with van der Waals surface area (Å²) < 4.78 is 16.9. The van der Waals surface area contributed by atoms with E-state index in [1.54, 1.807) is 7.11 Å². The van der Waals surface area contributed by atoms with Gasteiger partial charge in [-0.25, -0.2) is 4.79 Å². The summed E-state index contributed by atoms with van der Waals surface area (Å²) in [6.45, 7) is 6.07. The van der Waals surface area contributed by atoms with Crippen molar-refractivity contribution in [1.29, 1.82) is 0 Å². The average molecular weight is 379 g/mol. The molecule has 2 heterocycles. The molecular weight excluding hydrogens is 354 g/mol. The molecule has 1 aromatic heterocycles. The lowest BCUT2D eigenvalue weighted by Crippen LogP contribution is -2.33. The standard InChI is InChI=1S/C23H25NO4/c1-4-18-15(2)19-9-10-21-20(22(19)28-23(18)25)13-24(14-27-21)12-11-16-5-7-17(26-3)8-6-16/h5-10H,4,11-14H2,1-3H3. The first-order valence-electron chi connectivity index (χ1n) is 9.67. The van der Waals surface area contributed by atoms with E-state index in [1.165, 1.54) is 5.56 Å². The molecule has 0 aliphatic carbocycles. The lowest BCUT2D eigenvalue weighted by atomic mass is 10.0. The van der Waals surface area contributed by atoms with Crippen molar-refractivity contribution in [2.75, 3.05) is 20.4 Å². The van der Waals surface area contributed by atoms with E-state index >= 15 is 0 Å². The Kier molecular flexibility index (Phi) is 5.09. The van der Waals surface area contributed by atoms with E-state index in [2.05, 4.69) is 17.0 Å². The van der Waals surface area contributed by atoms with Gasteiger partial charge in [0.15, 0.2) is 0 Å². The smallest absolute Gasteiger partial charge is 0.339 e. The van der Waals surface area contributed by atoms with Crippen LogP contribution in [0.1, 0.15) is 29.2 Å². The van der Waals surface area contributed by atoms with Crippen LogP contribution in [0.25, 0.3) is 11.0 Å². The zero-order chi connectivity index (χ0) is 19.7. The molecule has 28 heavy (non-hydrogen) atoms. The predicted octanol–water partition coefficient (Wildman–Crippen LogP) is 4.07. The van der Waals surface area contributed by atoms with Crippen LogP contribution < -0.4 is 15.1 Å². The van der Waals surface area contributed by atoms with Crippen LogP contribution >= 0.6 is 0 Å². The summed E-state index contributed by atoms with van der Waals surface area (Å²) in [5.41, 5.74) is 4.39. The third kappa shape index (κ3) is 3.38. The minimum absolute atomic E-state index is 0.240. The van der Waals surface area contributed by atoms with Crippen LogP contribution in [-0.2, 0) is 19.4 Å². The second-order valence-corrected chi connectivity index (χ2v) is 7.19. The van der Waals surface area contributed by atoms with Crippen LogP contribution in [0.15, 0.2) is 45.6 Å². The Bertz CT molecular complexity index is 1050. The first kappa shape index (κ1) is 18.6. The minimum atomic E-state index is -0.240. The van der Waals surface area contributed by atoms with Crippen molar-refractivity contribution in [2.24, 2.45) is 0 Å². The number of nitrogens with zero attached hydrogens (tertiary/aromatic N) is 1. The molecule has 0 unspecified atom stereocenters. The van der Waals surface area contributed by atoms with Gasteiger partial charge in [0.1, 0.15) is 23.8 Å². The van der Waals surface area contributed by atoms with Crippen LogP contribution in [0.4, 0.5) is 0 Å². The summed E-state index contributed by atoms with van der Waals surface area (Å²) in [6, 6.07) is 12.1. The fourth-order valence-corrected chi connectivity index (χ4v) is 3.84. The number of hydrogen-bond acceptors (Lipinski definition) is 5. The fourth-order valence-electron chi connectivity index (χ4n) is 3.84. The molecule has 0 radical (unpaired) electrons. The number of hydrogen-bond donors (Lipinski definition) is 0. The van der Waals surface area contributed by atoms with Crippen molar-refractivity contribution in [2.45, 2.75) is 33.2 Å². The van der Waals surface area contributed by atoms with Gasteiger partial charge < -0.3 is 13.9 Å². The molecule has 2 aromatic carbocycles. The van der Waals surface area contributed by atoms with Crippen LogP contribution in [0.2, 0.25) is 0 Å². The van der Waals surface area contributed by atoms with Crippen LogP contribution in [0.3, 0.4) is 0 Å². The Morgan fingerprint density at radius 2 is 1.93 bits per heavy atom. The summed E-state index contributed by atoms with van der Waals surface area (Å²) in [6.07, 6.45) is 1.59. The molecule has 5 heteroatoms. The fraction of sp³-hybridized carbons (Fsp3) is 0.348. The Balaban J connectivity index is 1.58. The van der Waals surface area contributed by atoms with Crippen LogP contribution in [-0.4, -0.2) is 25.3 Å². The van der Waals surface area contributed by atoms with Crippen molar-refractivity contribution >= 4 is 11.0 Å². The number of benzene rings is 2. The molecule has 1 aliphatic rings. The van der Waals surface area contributed by atoms with Gasteiger partial charge in [0.05, 0.1) is 12.7 Å². The Labute approximate surface area is 164 Å². The highest BCUT2D eigenvalue weighted by Gasteiger charge is 2.23. The van der Waals surface area contributed by atoms with Crippen LogP contribution in [0.5, 0.6) is 11.5 Å². The lowest BCUT2D eigenvalue weighted by molar-refractivity contribution is 0.0967. The molecule has 1 aliphatic heterocycles. The maximum atomic E-state index is 12.4. The number of aryl methyl sites for hydroxylation is 1. The van der Waals surface area contributed by atoms with Crippen molar-refractivity contribution in [1.82, 2.24) is 4.90 Å². The molecule has 0 N–H and O–H groups in total. The van der Waals surface area contributed by atoms with E-state index in [4.69, 9.17) is 13.9 Å². The third-order valence-corrected chi connectivity index (χ3v) is 5.53. The molecule has 0 spiro atoms. The van der Waals surface area contributed by atoms with Gasteiger partial charge in [0.2, 0.25) is 0 Å². The van der Waals surface area contributed by atoms with E-state index in [1.807, 2.05) is 38.1 Å². The molecule has 0 amide bonds. The SMILES string of the molecule is CCc1c(C)c2ccc3c(c2oc1=O)CN(CCc1ccc(OC)cc1)CO3. The molecule has 0 bridgehead atoms. The van der Waals surface area contributed by atoms with Gasteiger partial charge >= 0.3 is 5.63 Å². The van der Waals surface area contributed by atoms with Gasteiger partial charge in [0, 0.05) is 24.0 Å². The molecule has 4 rings (SSSR count). The molecule has 0 fully saturated rings. The normalized spacial score (nSPS) is 14.0. The molecular formula is C23H25NO4. The third-order valence-electron chi connectivity index (χ3n) is 5.53. The number of rotatable bonds is 5. The second kappa shape index (κ2) is 7.68. The molecule has 0 saturated carbocycles. The van der Waals surface area contributed by atoms with Crippen molar-refractivity contribution in [3.63, 3.8) is 0 Å². The van der Waals surface area contributed by atoms with Gasteiger partial charge in [0.25, 0.3) is 0 Å². The summed E-state index contributed by atoms with van der Waals surface area (Å²) in [5, 5.41) is 0.996. The quantitative estimate of drug-likeness (QED) is 0.626. The number of methoxy groups -OCH3 is 1. The molecule has 0 saturated heterocycles. The Hall–Kier alpha value is -2.79. The zero-order valence-corrected chi connectivity index (χ0v) is 16.6. The molecule has 0 atom stereocenters. The summed E-state index contributed by atoms with van der Waals surface area (Å²) >= 11 is 0. The van der Waals surface area contributed by atoms with E-state index < -0.39 is 0 Å². The second-order valence-electron chi connectivity index (χ2n) is 7.19. The average Bonchev–Trinajstić information content (AvgIpc) is 2.72. The van der Waals surface area contributed by atoms with Gasteiger partial charge in [-0.05, 0) is 55.2 Å². The minimum Gasteiger partial charge on any atom is -0.497 e. The van der Waals surface area contributed by atoms with Gasteiger partial charge in [-0.1, -0.05) is 19.1 Å². The van der Waals surface area contributed by atoms with Crippen molar-refractivity contribution in [3.05, 3.63) is 69.1 Å². The van der Waals surface area contributed by atoms with Gasteiger partial charge in [-0.2, -0.15) is 0 Å². The zero-order valence-electron chi connectivity index (χ0n) is 16.6. The predicted molar refractivity (Wildman–Crippen MR) is 109 cm³/mol. The van der Waals surface area contributed by atoms with Gasteiger partial charge in [-0.15, -0.1) is 0 Å². The molecule has 3 aromatic rings. The number of ether oxygens (including phenoxy) is 2. The number of fused-ring (bicyclic) bond motifs is 3. The van der Waals surface area contributed by atoms with Gasteiger partial charge in [-0.3, -0.25) is 4.90 Å². The summed E-state index contributed by atoms with van der Waals surface area (Å²) in [5.74, 6) is 1.67. The van der Waals surface area contributed by atoms with E-state index in [0.717, 1.165) is 46.5 Å². The van der Waals surface area contributed by atoms with E-state index in [-0.39, 0.29) is 5.63 Å². The topological polar surface area (TPSA) is 51.9 Å². The lowest BCUT2D eigenvalue weighted by Gasteiger charge is -2.29. The monoisotopic (exact) mass is 379 g/mol. The van der Waals surface area contributed by atoms with E-state index in [0.29, 0.717) is 25.3 Å². The molecule has 5 nitrogen and oxygen atoms in total. The van der Waals surface area contributed by atoms with Crippen molar-refractivity contribution in [3.8, 4) is 11.5 Å². The van der Waals surface area contributed by atoms with E-state index in [9.17, 15) is 4.79 Å². The first-order chi connectivity index (χ1) is 13.6.